The maximum Gasteiger partial charge on any atom is 0.433 e. The molecule has 0 radical (unpaired) electrons. The summed E-state index contributed by atoms with van der Waals surface area (Å²) in [5, 5.41) is 6.79. The zero-order valence-electron chi connectivity index (χ0n) is 11.4. The Balaban J connectivity index is 2.52. The van der Waals surface area contributed by atoms with Crippen LogP contribution in [0.1, 0.15) is 5.56 Å². The summed E-state index contributed by atoms with van der Waals surface area (Å²) in [6.45, 7) is 1.33. The molecule has 1 heterocycles. The van der Waals surface area contributed by atoms with Crippen LogP contribution in [0.5, 0.6) is 0 Å². The van der Waals surface area contributed by atoms with Gasteiger partial charge >= 0.3 is 11.9 Å². The van der Waals surface area contributed by atoms with Crippen molar-refractivity contribution in [2.75, 3.05) is 5.75 Å². The first-order chi connectivity index (χ1) is 10.1. The lowest BCUT2D eigenvalue weighted by atomic mass is 10.2. The first-order valence-electron chi connectivity index (χ1n) is 5.85. The van der Waals surface area contributed by atoms with Gasteiger partial charge in [0.1, 0.15) is 11.5 Å². The molecule has 2 rings (SSSR count). The molecule has 120 valence electrons. The van der Waals surface area contributed by atoms with Crippen LogP contribution in [0.4, 0.5) is 17.6 Å². The van der Waals surface area contributed by atoms with Crippen molar-refractivity contribution in [2.24, 2.45) is 7.05 Å². The summed E-state index contributed by atoms with van der Waals surface area (Å²) < 4.78 is 64.2. The van der Waals surface area contributed by atoms with Crippen LogP contribution in [0, 0.1) is 12.7 Å². The SMILES string of the molecule is Cc1cc(F)c(-n2nnn(C)c2=O)cc1[S+]([O-])CC(F)(F)F. The lowest BCUT2D eigenvalue weighted by Gasteiger charge is -2.15. The topological polar surface area (TPSA) is 75.8 Å². The molecule has 1 atom stereocenters. The minimum atomic E-state index is -4.63. The van der Waals surface area contributed by atoms with Crippen molar-refractivity contribution in [3.8, 4) is 5.69 Å². The number of benzene rings is 1. The second-order valence-corrected chi connectivity index (χ2v) is 5.89. The second-order valence-electron chi connectivity index (χ2n) is 4.47. The van der Waals surface area contributed by atoms with E-state index in [0.717, 1.165) is 16.8 Å². The van der Waals surface area contributed by atoms with Gasteiger partial charge in [0.2, 0.25) is 5.75 Å². The first-order valence-corrected chi connectivity index (χ1v) is 7.16. The second kappa shape index (κ2) is 5.72. The zero-order valence-corrected chi connectivity index (χ0v) is 12.2. The van der Waals surface area contributed by atoms with E-state index in [1.165, 1.54) is 14.0 Å². The average Bonchev–Trinajstić information content (AvgIpc) is 2.68. The summed E-state index contributed by atoms with van der Waals surface area (Å²) in [5.41, 5.74) is -1.11. The van der Waals surface area contributed by atoms with E-state index in [4.69, 9.17) is 0 Å². The Kier molecular flexibility index (Phi) is 4.29. The average molecular weight is 338 g/mol. The normalized spacial score (nSPS) is 13.4. The molecule has 0 aliphatic heterocycles. The van der Waals surface area contributed by atoms with Crippen LogP contribution in [0.3, 0.4) is 0 Å². The fourth-order valence-corrected chi connectivity index (χ4v) is 2.85. The van der Waals surface area contributed by atoms with Crippen molar-refractivity contribution in [3.63, 3.8) is 0 Å². The Labute approximate surface area is 124 Å². The molecule has 0 saturated carbocycles. The van der Waals surface area contributed by atoms with Crippen molar-refractivity contribution < 1.29 is 22.1 Å². The summed E-state index contributed by atoms with van der Waals surface area (Å²) in [6.07, 6.45) is -4.63. The van der Waals surface area contributed by atoms with E-state index < -0.39 is 40.3 Å². The maximum absolute atomic E-state index is 13.9. The summed E-state index contributed by atoms with van der Waals surface area (Å²) in [6, 6.07) is 1.82. The number of alkyl halides is 3. The first kappa shape index (κ1) is 16.5. The zero-order chi connectivity index (χ0) is 16.7. The van der Waals surface area contributed by atoms with E-state index in [-0.39, 0.29) is 10.5 Å². The molecule has 0 aliphatic rings. The Morgan fingerprint density at radius 3 is 2.45 bits per heavy atom. The van der Waals surface area contributed by atoms with E-state index in [2.05, 4.69) is 10.4 Å². The molecule has 11 heteroatoms. The summed E-state index contributed by atoms with van der Waals surface area (Å²) in [5.74, 6) is -2.44. The number of aromatic nitrogens is 4. The Bertz CT molecular complexity index is 756. The van der Waals surface area contributed by atoms with Gasteiger partial charge in [-0.05, 0) is 34.6 Å². The highest BCUT2D eigenvalue weighted by molar-refractivity contribution is 7.91. The van der Waals surface area contributed by atoms with Crippen LogP contribution in [0.25, 0.3) is 5.69 Å². The molecule has 0 aliphatic carbocycles. The van der Waals surface area contributed by atoms with Gasteiger partial charge < -0.3 is 4.55 Å². The molecule has 0 fully saturated rings. The largest absolute Gasteiger partial charge is 0.611 e. The number of nitrogens with zero attached hydrogens (tertiary/aromatic N) is 4. The maximum atomic E-state index is 13.9. The lowest BCUT2D eigenvalue weighted by molar-refractivity contribution is -0.106. The number of tetrazole rings is 1. The van der Waals surface area contributed by atoms with Gasteiger partial charge in [0.15, 0.2) is 4.90 Å². The smallest absolute Gasteiger partial charge is 0.433 e. The number of rotatable bonds is 3. The third kappa shape index (κ3) is 3.30. The highest BCUT2D eigenvalue weighted by atomic mass is 32.2. The van der Waals surface area contributed by atoms with E-state index >= 15 is 0 Å². The van der Waals surface area contributed by atoms with Gasteiger partial charge in [0.05, 0.1) is 0 Å². The quantitative estimate of drug-likeness (QED) is 0.620. The number of hydrogen-bond acceptors (Lipinski definition) is 4. The Hall–Kier alpha value is -1.88. The van der Waals surface area contributed by atoms with Crippen LogP contribution in [-0.4, -0.2) is 36.3 Å². The lowest BCUT2D eigenvalue weighted by Crippen LogP contribution is -2.25. The molecular weight excluding hydrogens is 328 g/mol. The summed E-state index contributed by atoms with van der Waals surface area (Å²) in [7, 11) is 1.28. The minimum Gasteiger partial charge on any atom is -0.611 e. The van der Waals surface area contributed by atoms with E-state index in [1.807, 2.05) is 0 Å². The van der Waals surface area contributed by atoms with Crippen LogP contribution in [0.15, 0.2) is 21.8 Å². The van der Waals surface area contributed by atoms with Crippen molar-refractivity contribution in [2.45, 2.75) is 18.0 Å². The molecule has 1 unspecified atom stereocenters. The molecule has 1 aromatic heterocycles. The van der Waals surface area contributed by atoms with E-state index in [0.29, 0.717) is 4.68 Å². The van der Waals surface area contributed by atoms with Crippen molar-refractivity contribution in [1.82, 2.24) is 19.8 Å². The molecule has 2 aromatic rings. The fourth-order valence-electron chi connectivity index (χ4n) is 1.74. The Morgan fingerprint density at radius 2 is 1.95 bits per heavy atom. The van der Waals surface area contributed by atoms with E-state index in [1.54, 1.807) is 0 Å². The van der Waals surface area contributed by atoms with Crippen LogP contribution >= 0.6 is 0 Å². The van der Waals surface area contributed by atoms with Gasteiger partial charge in [-0.2, -0.15) is 22.5 Å². The third-order valence-corrected chi connectivity index (χ3v) is 4.25. The van der Waals surface area contributed by atoms with Crippen molar-refractivity contribution in [3.05, 3.63) is 34.0 Å². The molecule has 1 aromatic carbocycles. The van der Waals surface area contributed by atoms with Gasteiger partial charge in [-0.15, -0.1) is 0 Å². The standard InChI is InChI=1S/C11H10F4N4O2S/c1-6-3-7(12)8(19-10(20)18(2)16-17-19)4-9(6)22(21)5-11(13,14)15/h3-4H,5H2,1-2H3. The highest BCUT2D eigenvalue weighted by Crippen LogP contribution is 2.27. The molecule has 0 spiro atoms. The molecule has 0 amide bonds. The summed E-state index contributed by atoms with van der Waals surface area (Å²) in [4.78, 5) is 11.5. The van der Waals surface area contributed by atoms with Gasteiger partial charge in [-0.25, -0.2) is 9.18 Å². The molecular formula is C11H10F4N4O2S. The van der Waals surface area contributed by atoms with E-state index in [9.17, 15) is 26.9 Å². The Morgan fingerprint density at radius 1 is 1.32 bits per heavy atom. The van der Waals surface area contributed by atoms with Crippen LogP contribution < -0.4 is 5.69 Å². The molecule has 22 heavy (non-hydrogen) atoms. The van der Waals surface area contributed by atoms with Crippen molar-refractivity contribution >= 4 is 11.2 Å². The predicted octanol–water partition coefficient (Wildman–Crippen LogP) is 1.08. The van der Waals surface area contributed by atoms with Crippen LogP contribution in [0.2, 0.25) is 0 Å². The number of aryl methyl sites for hydroxylation is 2. The predicted molar refractivity (Wildman–Crippen MR) is 68.6 cm³/mol. The molecule has 0 N–H and O–H groups in total. The molecule has 0 saturated heterocycles. The van der Waals surface area contributed by atoms with Gasteiger partial charge in [-0.3, -0.25) is 0 Å². The molecule has 6 nitrogen and oxygen atoms in total. The highest BCUT2D eigenvalue weighted by Gasteiger charge is 2.36. The number of hydrogen-bond donors (Lipinski definition) is 0. The van der Waals surface area contributed by atoms with Gasteiger partial charge in [-0.1, -0.05) is 0 Å². The minimum absolute atomic E-state index is 0.0840. The fraction of sp³-hybridized carbons (Fsp3) is 0.364. The number of halogens is 4. The van der Waals surface area contributed by atoms with Crippen LogP contribution in [-0.2, 0) is 18.2 Å². The van der Waals surface area contributed by atoms with Crippen molar-refractivity contribution in [1.29, 1.82) is 0 Å². The third-order valence-electron chi connectivity index (χ3n) is 2.73. The summed E-state index contributed by atoms with van der Waals surface area (Å²) >= 11 is -2.42. The monoisotopic (exact) mass is 338 g/mol. The molecule has 0 bridgehead atoms. The van der Waals surface area contributed by atoms with Gasteiger partial charge in [0, 0.05) is 18.7 Å². The van der Waals surface area contributed by atoms with Gasteiger partial charge in [0.25, 0.3) is 0 Å².